The molecule has 0 saturated heterocycles. The number of aryl methyl sites for hydroxylation is 2. The minimum atomic E-state index is 0.847. The summed E-state index contributed by atoms with van der Waals surface area (Å²) in [5, 5.41) is 0. The van der Waals surface area contributed by atoms with Crippen molar-refractivity contribution < 1.29 is 0 Å². The van der Waals surface area contributed by atoms with Crippen molar-refractivity contribution in [3.63, 3.8) is 0 Å². The Morgan fingerprint density at radius 2 is 2.00 bits per heavy atom. The molecule has 19 heavy (non-hydrogen) atoms. The van der Waals surface area contributed by atoms with Crippen LogP contribution in [-0.4, -0.2) is 6.54 Å². The first kappa shape index (κ1) is 12.1. The lowest BCUT2D eigenvalue weighted by atomic mass is 10.00. The van der Waals surface area contributed by atoms with Gasteiger partial charge < -0.3 is 10.6 Å². The van der Waals surface area contributed by atoms with Gasteiger partial charge in [0.05, 0.1) is 0 Å². The fourth-order valence-corrected chi connectivity index (χ4v) is 2.88. The second kappa shape index (κ2) is 4.96. The van der Waals surface area contributed by atoms with E-state index in [0.717, 1.165) is 18.8 Å². The molecule has 0 bridgehead atoms. The summed E-state index contributed by atoms with van der Waals surface area (Å²) in [6.45, 7) is 4.26. The van der Waals surface area contributed by atoms with E-state index in [9.17, 15) is 0 Å². The van der Waals surface area contributed by atoms with E-state index in [1.807, 2.05) is 6.07 Å². The minimum Gasteiger partial charge on any atom is -0.399 e. The highest BCUT2D eigenvalue weighted by Gasteiger charge is 2.16. The van der Waals surface area contributed by atoms with Gasteiger partial charge in [0.2, 0.25) is 0 Å². The number of benzene rings is 2. The monoisotopic (exact) mass is 252 g/mol. The van der Waals surface area contributed by atoms with E-state index >= 15 is 0 Å². The Balaban J connectivity index is 1.88. The average Bonchev–Trinajstić information content (AvgIpc) is 2.42. The van der Waals surface area contributed by atoms with Gasteiger partial charge in [0.25, 0.3) is 0 Å². The highest BCUT2D eigenvalue weighted by molar-refractivity contribution is 5.56. The van der Waals surface area contributed by atoms with E-state index in [0.29, 0.717) is 0 Å². The zero-order valence-electron chi connectivity index (χ0n) is 11.4. The number of para-hydroxylation sites is 1. The second-order valence-electron chi connectivity index (χ2n) is 5.34. The summed E-state index contributed by atoms with van der Waals surface area (Å²) < 4.78 is 0. The first-order valence-electron chi connectivity index (χ1n) is 6.92. The van der Waals surface area contributed by atoms with E-state index in [1.165, 1.54) is 35.2 Å². The predicted molar refractivity (Wildman–Crippen MR) is 81.4 cm³/mol. The number of nitrogen functional groups attached to an aromatic ring is 1. The summed E-state index contributed by atoms with van der Waals surface area (Å²) in [6.07, 6.45) is 2.44. The highest BCUT2D eigenvalue weighted by atomic mass is 15.1. The summed E-state index contributed by atoms with van der Waals surface area (Å²) >= 11 is 0. The molecule has 0 atom stereocenters. The molecule has 1 heterocycles. The van der Waals surface area contributed by atoms with Crippen molar-refractivity contribution in [3.8, 4) is 0 Å². The Labute approximate surface area is 114 Å². The molecule has 2 nitrogen and oxygen atoms in total. The summed E-state index contributed by atoms with van der Waals surface area (Å²) in [7, 11) is 0. The van der Waals surface area contributed by atoms with Crippen LogP contribution in [0.15, 0.2) is 42.5 Å². The Bertz CT molecular complexity index is 590. The van der Waals surface area contributed by atoms with Crippen molar-refractivity contribution in [2.45, 2.75) is 26.3 Å². The van der Waals surface area contributed by atoms with Gasteiger partial charge in [-0.25, -0.2) is 0 Å². The van der Waals surface area contributed by atoms with E-state index < -0.39 is 0 Å². The molecule has 2 aromatic rings. The van der Waals surface area contributed by atoms with Crippen molar-refractivity contribution in [2.75, 3.05) is 17.2 Å². The number of hydrogen-bond donors (Lipinski definition) is 1. The summed E-state index contributed by atoms with van der Waals surface area (Å²) in [5.74, 6) is 0. The third kappa shape index (κ3) is 2.43. The smallest absolute Gasteiger partial charge is 0.0432 e. The molecule has 0 spiro atoms. The van der Waals surface area contributed by atoms with E-state index in [2.05, 4.69) is 48.2 Å². The Hall–Kier alpha value is -1.96. The molecule has 0 unspecified atom stereocenters. The highest BCUT2D eigenvalue weighted by Crippen LogP contribution is 2.28. The third-order valence-corrected chi connectivity index (χ3v) is 3.93. The molecule has 0 radical (unpaired) electrons. The van der Waals surface area contributed by atoms with Crippen LogP contribution in [0.3, 0.4) is 0 Å². The predicted octanol–water partition coefficient (Wildman–Crippen LogP) is 3.53. The zero-order chi connectivity index (χ0) is 13.2. The van der Waals surface area contributed by atoms with Crippen molar-refractivity contribution in [3.05, 3.63) is 59.2 Å². The number of fused-ring (bicyclic) bond motifs is 1. The maximum absolute atomic E-state index is 5.82. The molecule has 0 saturated carbocycles. The van der Waals surface area contributed by atoms with Crippen LogP contribution in [0.5, 0.6) is 0 Å². The number of rotatable bonds is 2. The summed E-state index contributed by atoms with van der Waals surface area (Å²) in [6, 6.07) is 15.0. The van der Waals surface area contributed by atoms with Crippen LogP contribution in [0.1, 0.15) is 23.1 Å². The van der Waals surface area contributed by atoms with Crippen LogP contribution in [-0.2, 0) is 13.0 Å². The molecule has 2 heteroatoms. The van der Waals surface area contributed by atoms with Crippen LogP contribution >= 0.6 is 0 Å². The topological polar surface area (TPSA) is 29.3 Å². The van der Waals surface area contributed by atoms with E-state index in [-0.39, 0.29) is 0 Å². The lowest BCUT2D eigenvalue weighted by molar-refractivity contribution is 0.690. The van der Waals surface area contributed by atoms with Gasteiger partial charge in [-0.2, -0.15) is 0 Å². The van der Waals surface area contributed by atoms with Gasteiger partial charge >= 0.3 is 0 Å². The average molecular weight is 252 g/mol. The van der Waals surface area contributed by atoms with Crippen molar-refractivity contribution in [1.82, 2.24) is 0 Å². The first-order valence-corrected chi connectivity index (χ1v) is 6.92. The normalized spacial score (nSPS) is 14.3. The van der Waals surface area contributed by atoms with Crippen molar-refractivity contribution in [1.29, 1.82) is 0 Å². The first-order chi connectivity index (χ1) is 9.24. The fourth-order valence-electron chi connectivity index (χ4n) is 2.88. The van der Waals surface area contributed by atoms with Gasteiger partial charge in [-0.1, -0.05) is 24.3 Å². The van der Waals surface area contributed by atoms with Crippen LogP contribution < -0.4 is 10.6 Å². The summed E-state index contributed by atoms with van der Waals surface area (Å²) in [4.78, 5) is 2.48. The number of anilines is 2. The van der Waals surface area contributed by atoms with Crippen LogP contribution in [0.25, 0.3) is 0 Å². The Morgan fingerprint density at radius 1 is 1.16 bits per heavy atom. The molecule has 0 aromatic heterocycles. The molecule has 1 aliphatic heterocycles. The van der Waals surface area contributed by atoms with Crippen LogP contribution in [0.2, 0.25) is 0 Å². The molecule has 98 valence electrons. The summed E-state index contributed by atoms with van der Waals surface area (Å²) in [5.41, 5.74) is 12.2. The lowest BCUT2D eigenvalue weighted by Crippen LogP contribution is -2.29. The number of nitrogens with two attached hydrogens (primary N) is 1. The molecular formula is C17H20N2. The van der Waals surface area contributed by atoms with Gasteiger partial charge in [0.15, 0.2) is 0 Å². The second-order valence-corrected chi connectivity index (χ2v) is 5.34. The Kier molecular flexibility index (Phi) is 3.16. The van der Waals surface area contributed by atoms with Gasteiger partial charge in [0, 0.05) is 24.5 Å². The molecule has 3 rings (SSSR count). The molecular weight excluding hydrogens is 232 g/mol. The van der Waals surface area contributed by atoms with Crippen LogP contribution in [0.4, 0.5) is 11.4 Å². The molecule has 0 fully saturated rings. The maximum Gasteiger partial charge on any atom is 0.0432 e. The molecule has 2 aromatic carbocycles. The maximum atomic E-state index is 5.82. The van der Waals surface area contributed by atoms with Crippen LogP contribution in [0, 0.1) is 6.92 Å². The third-order valence-electron chi connectivity index (χ3n) is 3.93. The molecule has 2 N–H and O–H groups in total. The van der Waals surface area contributed by atoms with Crippen molar-refractivity contribution in [2.24, 2.45) is 0 Å². The van der Waals surface area contributed by atoms with Gasteiger partial charge in [-0.05, 0) is 54.7 Å². The zero-order valence-corrected chi connectivity index (χ0v) is 11.4. The quantitative estimate of drug-likeness (QED) is 0.828. The van der Waals surface area contributed by atoms with Gasteiger partial charge in [0.1, 0.15) is 0 Å². The lowest BCUT2D eigenvalue weighted by Gasteiger charge is -2.31. The van der Waals surface area contributed by atoms with Gasteiger partial charge in [-0.15, -0.1) is 0 Å². The molecule has 0 aliphatic carbocycles. The number of nitrogens with zero attached hydrogens (tertiary/aromatic N) is 1. The van der Waals surface area contributed by atoms with E-state index in [4.69, 9.17) is 5.73 Å². The fraction of sp³-hybridized carbons (Fsp3) is 0.294. The number of hydrogen-bond acceptors (Lipinski definition) is 2. The van der Waals surface area contributed by atoms with Crippen molar-refractivity contribution >= 4 is 11.4 Å². The largest absolute Gasteiger partial charge is 0.399 e. The Morgan fingerprint density at radius 3 is 2.84 bits per heavy atom. The SMILES string of the molecule is Cc1cc(N)ccc1CN1CCCc2ccccc21. The molecule has 1 aliphatic rings. The molecule has 0 amide bonds. The standard InChI is InChI=1S/C17H20N2/c1-13-11-16(18)9-8-15(13)12-19-10-4-6-14-5-2-3-7-17(14)19/h2-3,5,7-9,11H,4,6,10,12,18H2,1H3. The van der Waals surface area contributed by atoms with Gasteiger partial charge in [-0.3, -0.25) is 0 Å². The van der Waals surface area contributed by atoms with E-state index in [1.54, 1.807) is 0 Å². The minimum absolute atomic E-state index is 0.847.